The normalized spacial score (nSPS) is 10.4. The van der Waals surface area contributed by atoms with Crippen LogP contribution in [0.2, 0.25) is 0 Å². The molecule has 0 bridgehead atoms. The Hall–Kier alpha value is -3.79. The fraction of sp³-hybridized carbons (Fsp3) is 0. The number of carbonyl (C=O) groups excluding carboxylic acids is 1. The molecule has 0 saturated heterocycles. The van der Waals surface area contributed by atoms with Crippen LogP contribution in [-0.2, 0) is 0 Å². The molecular formula is C23H17N3O. The molecule has 0 aliphatic carbocycles. The Labute approximate surface area is 157 Å². The largest absolute Gasteiger partial charge is 0.305 e. The van der Waals surface area contributed by atoms with E-state index in [1.54, 1.807) is 18.3 Å². The molecule has 1 heterocycles. The molecule has 130 valence electrons. The topological polar surface area (TPSA) is 54.9 Å². The average Bonchev–Trinajstić information content (AvgIpc) is 2.76. The van der Waals surface area contributed by atoms with Crippen LogP contribution in [0.3, 0.4) is 0 Å². The molecule has 0 aliphatic heterocycles. The van der Waals surface area contributed by atoms with Crippen LogP contribution in [0, 0.1) is 0 Å². The second kappa shape index (κ2) is 7.62. The Morgan fingerprint density at radius 2 is 1.26 bits per heavy atom. The van der Waals surface area contributed by atoms with Gasteiger partial charge in [-0.25, -0.2) is 9.97 Å². The van der Waals surface area contributed by atoms with Gasteiger partial charge in [0.1, 0.15) is 5.69 Å². The van der Waals surface area contributed by atoms with E-state index in [-0.39, 0.29) is 5.91 Å². The summed E-state index contributed by atoms with van der Waals surface area (Å²) in [5.41, 5.74) is 3.84. The fourth-order valence-electron chi connectivity index (χ4n) is 2.80. The van der Waals surface area contributed by atoms with E-state index in [4.69, 9.17) is 4.98 Å². The lowest BCUT2D eigenvalue weighted by Crippen LogP contribution is -2.14. The lowest BCUT2D eigenvalue weighted by atomic mass is 10.1. The molecule has 0 aliphatic rings. The number of amides is 1. The van der Waals surface area contributed by atoms with Gasteiger partial charge in [-0.05, 0) is 12.1 Å². The number of nitrogens with zero attached hydrogens (tertiary/aromatic N) is 2. The number of carbonyl (C=O) groups is 1. The molecule has 1 N–H and O–H groups in total. The maximum Gasteiger partial charge on any atom is 0.256 e. The van der Waals surface area contributed by atoms with Gasteiger partial charge in [-0.2, -0.15) is 0 Å². The molecule has 0 radical (unpaired) electrons. The maximum atomic E-state index is 12.6. The van der Waals surface area contributed by atoms with Gasteiger partial charge in [-0.3, -0.25) is 4.79 Å². The Morgan fingerprint density at radius 1 is 0.704 bits per heavy atom. The van der Waals surface area contributed by atoms with Crippen molar-refractivity contribution in [1.29, 1.82) is 0 Å². The molecule has 0 spiro atoms. The maximum absolute atomic E-state index is 12.6. The van der Waals surface area contributed by atoms with Gasteiger partial charge < -0.3 is 5.32 Å². The van der Waals surface area contributed by atoms with E-state index in [2.05, 4.69) is 10.3 Å². The van der Waals surface area contributed by atoms with Crippen molar-refractivity contribution in [3.05, 3.63) is 103 Å². The number of hydrogen-bond donors (Lipinski definition) is 1. The number of aromatic nitrogens is 2. The Morgan fingerprint density at radius 3 is 1.89 bits per heavy atom. The van der Waals surface area contributed by atoms with Crippen LogP contribution < -0.4 is 5.32 Å². The van der Waals surface area contributed by atoms with Crippen molar-refractivity contribution in [3.8, 4) is 22.5 Å². The van der Waals surface area contributed by atoms with E-state index in [1.165, 1.54) is 0 Å². The van der Waals surface area contributed by atoms with Crippen molar-refractivity contribution in [2.24, 2.45) is 0 Å². The zero-order chi connectivity index (χ0) is 18.5. The van der Waals surface area contributed by atoms with Crippen LogP contribution >= 0.6 is 0 Å². The van der Waals surface area contributed by atoms with Gasteiger partial charge in [-0.1, -0.05) is 78.9 Å². The number of nitrogens with one attached hydrogen (secondary N) is 1. The summed E-state index contributed by atoms with van der Waals surface area (Å²) in [6, 6.07) is 28.7. The molecular weight excluding hydrogens is 334 g/mol. The van der Waals surface area contributed by atoms with Gasteiger partial charge in [0.25, 0.3) is 5.91 Å². The molecule has 4 heteroatoms. The number of anilines is 1. The van der Waals surface area contributed by atoms with E-state index in [9.17, 15) is 4.79 Å². The van der Waals surface area contributed by atoms with E-state index in [0.29, 0.717) is 17.1 Å². The monoisotopic (exact) mass is 351 g/mol. The summed E-state index contributed by atoms with van der Waals surface area (Å²) in [7, 11) is 0. The van der Waals surface area contributed by atoms with Gasteiger partial charge in [-0.15, -0.1) is 0 Å². The minimum absolute atomic E-state index is 0.213. The molecule has 27 heavy (non-hydrogen) atoms. The predicted molar refractivity (Wildman–Crippen MR) is 107 cm³/mol. The second-order valence-corrected chi connectivity index (χ2v) is 6.00. The van der Waals surface area contributed by atoms with E-state index in [0.717, 1.165) is 16.8 Å². The van der Waals surface area contributed by atoms with Crippen LogP contribution in [-0.4, -0.2) is 15.9 Å². The summed E-state index contributed by atoms with van der Waals surface area (Å²) in [5, 5.41) is 2.89. The quantitative estimate of drug-likeness (QED) is 0.559. The van der Waals surface area contributed by atoms with Gasteiger partial charge in [0, 0.05) is 16.7 Å². The van der Waals surface area contributed by atoms with Gasteiger partial charge in [0.05, 0.1) is 11.9 Å². The van der Waals surface area contributed by atoms with Gasteiger partial charge in [0.2, 0.25) is 0 Å². The highest BCUT2D eigenvalue weighted by atomic mass is 16.1. The molecule has 0 unspecified atom stereocenters. The first-order chi connectivity index (χ1) is 13.3. The van der Waals surface area contributed by atoms with Crippen molar-refractivity contribution < 1.29 is 4.79 Å². The summed E-state index contributed by atoms with van der Waals surface area (Å²) in [6.45, 7) is 0. The summed E-state index contributed by atoms with van der Waals surface area (Å²) < 4.78 is 0. The highest BCUT2D eigenvalue weighted by molar-refractivity contribution is 6.05. The van der Waals surface area contributed by atoms with E-state index in [1.807, 2.05) is 78.9 Å². The Balaban J connectivity index is 1.76. The van der Waals surface area contributed by atoms with E-state index < -0.39 is 0 Å². The molecule has 0 atom stereocenters. The van der Waals surface area contributed by atoms with Gasteiger partial charge >= 0.3 is 0 Å². The molecule has 3 aromatic carbocycles. The first kappa shape index (κ1) is 16.7. The predicted octanol–water partition coefficient (Wildman–Crippen LogP) is 5.06. The van der Waals surface area contributed by atoms with Crippen LogP contribution in [0.25, 0.3) is 22.5 Å². The summed E-state index contributed by atoms with van der Waals surface area (Å²) in [5.74, 6) is 0.226. The second-order valence-electron chi connectivity index (χ2n) is 6.00. The molecule has 1 aromatic heterocycles. The lowest BCUT2D eigenvalue weighted by Gasteiger charge is -2.12. The first-order valence-corrected chi connectivity index (χ1v) is 8.65. The van der Waals surface area contributed by atoms with Crippen LogP contribution in [0.15, 0.2) is 97.2 Å². The molecule has 1 amide bonds. The molecule has 0 fully saturated rings. The van der Waals surface area contributed by atoms with Crippen LogP contribution in [0.1, 0.15) is 10.4 Å². The van der Waals surface area contributed by atoms with Gasteiger partial charge in [0.15, 0.2) is 5.82 Å². The number of hydrogen-bond acceptors (Lipinski definition) is 3. The van der Waals surface area contributed by atoms with Crippen molar-refractivity contribution in [2.75, 3.05) is 5.32 Å². The summed E-state index contributed by atoms with van der Waals surface area (Å²) in [4.78, 5) is 21.9. The summed E-state index contributed by atoms with van der Waals surface area (Å²) in [6.07, 6.45) is 1.68. The lowest BCUT2D eigenvalue weighted by molar-refractivity contribution is 0.102. The van der Waals surface area contributed by atoms with Crippen LogP contribution in [0.4, 0.5) is 5.82 Å². The van der Waals surface area contributed by atoms with Crippen molar-refractivity contribution in [2.45, 2.75) is 0 Å². The third-order valence-corrected chi connectivity index (χ3v) is 4.16. The highest BCUT2D eigenvalue weighted by Crippen LogP contribution is 2.27. The SMILES string of the molecule is O=C(Nc1ncc(-c2ccccc2)nc1-c1ccccc1)c1ccccc1. The standard InChI is InChI=1S/C23H17N3O/c27-23(19-14-8-3-9-15-19)26-22-21(18-12-6-2-7-13-18)25-20(16-24-22)17-10-4-1-5-11-17/h1-16H,(H,24,26,27). The molecule has 0 saturated carbocycles. The number of benzene rings is 3. The summed E-state index contributed by atoms with van der Waals surface area (Å²) >= 11 is 0. The minimum atomic E-state index is -0.213. The third kappa shape index (κ3) is 3.75. The smallest absolute Gasteiger partial charge is 0.256 e. The molecule has 4 aromatic rings. The molecule has 4 nitrogen and oxygen atoms in total. The van der Waals surface area contributed by atoms with Crippen molar-refractivity contribution in [1.82, 2.24) is 9.97 Å². The third-order valence-electron chi connectivity index (χ3n) is 4.16. The van der Waals surface area contributed by atoms with Crippen molar-refractivity contribution in [3.63, 3.8) is 0 Å². The van der Waals surface area contributed by atoms with E-state index >= 15 is 0 Å². The fourth-order valence-corrected chi connectivity index (χ4v) is 2.80. The Bertz CT molecular complexity index is 1050. The first-order valence-electron chi connectivity index (χ1n) is 8.65. The zero-order valence-electron chi connectivity index (χ0n) is 14.5. The molecule has 4 rings (SSSR count). The Kier molecular flexibility index (Phi) is 4.70. The average molecular weight is 351 g/mol. The highest BCUT2D eigenvalue weighted by Gasteiger charge is 2.14. The minimum Gasteiger partial charge on any atom is -0.305 e. The van der Waals surface area contributed by atoms with Crippen LogP contribution in [0.5, 0.6) is 0 Å². The zero-order valence-corrected chi connectivity index (χ0v) is 14.5. The number of rotatable bonds is 4. The van der Waals surface area contributed by atoms with Crippen molar-refractivity contribution >= 4 is 11.7 Å².